The number of hydrogen-bond acceptors (Lipinski definition) is 3. The highest BCUT2D eigenvalue weighted by Crippen LogP contribution is 2.20. The Balaban J connectivity index is 1.53. The number of carbonyl (C=O) groups excluding carboxylic acids is 1. The SMILES string of the molecule is CCCN1CCC(CNC(=O)Nc2cccc3cccnc23)C1. The van der Waals surface area contributed by atoms with Crippen LogP contribution in [0.2, 0.25) is 0 Å². The van der Waals surface area contributed by atoms with E-state index in [4.69, 9.17) is 0 Å². The Labute approximate surface area is 137 Å². The fraction of sp³-hybridized carbons (Fsp3) is 0.444. The van der Waals surface area contributed by atoms with Crippen LogP contribution in [0, 0.1) is 5.92 Å². The van der Waals surface area contributed by atoms with E-state index in [0.717, 1.165) is 49.2 Å². The third-order valence-corrected chi connectivity index (χ3v) is 4.34. The van der Waals surface area contributed by atoms with Gasteiger partial charge in [-0.2, -0.15) is 0 Å². The molecule has 1 unspecified atom stereocenters. The molecule has 2 heterocycles. The Morgan fingerprint density at radius 2 is 2.22 bits per heavy atom. The minimum absolute atomic E-state index is 0.155. The van der Waals surface area contributed by atoms with Crippen LogP contribution in [-0.4, -0.2) is 42.1 Å². The highest BCUT2D eigenvalue weighted by atomic mass is 16.2. The van der Waals surface area contributed by atoms with E-state index in [1.807, 2.05) is 30.3 Å². The number of carbonyl (C=O) groups is 1. The maximum Gasteiger partial charge on any atom is 0.319 e. The number of rotatable bonds is 5. The second kappa shape index (κ2) is 7.42. The minimum Gasteiger partial charge on any atom is -0.338 e. The number of pyridine rings is 1. The van der Waals surface area contributed by atoms with E-state index in [-0.39, 0.29) is 6.03 Å². The van der Waals surface area contributed by atoms with Crippen molar-refractivity contribution in [2.24, 2.45) is 5.92 Å². The summed E-state index contributed by atoms with van der Waals surface area (Å²) in [6, 6.07) is 9.54. The van der Waals surface area contributed by atoms with Crippen molar-refractivity contribution in [3.63, 3.8) is 0 Å². The molecule has 0 radical (unpaired) electrons. The zero-order valence-corrected chi connectivity index (χ0v) is 13.6. The smallest absolute Gasteiger partial charge is 0.319 e. The van der Waals surface area contributed by atoms with E-state index in [1.54, 1.807) is 6.20 Å². The van der Waals surface area contributed by atoms with Gasteiger partial charge in [0.05, 0.1) is 11.2 Å². The van der Waals surface area contributed by atoms with Crippen molar-refractivity contribution < 1.29 is 4.79 Å². The average molecular weight is 312 g/mol. The second-order valence-corrected chi connectivity index (χ2v) is 6.17. The van der Waals surface area contributed by atoms with E-state index in [1.165, 1.54) is 6.42 Å². The summed E-state index contributed by atoms with van der Waals surface area (Å²) in [6.07, 6.45) is 4.09. The fourth-order valence-electron chi connectivity index (χ4n) is 3.21. The van der Waals surface area contributed by atoms with Gasteiger partial charge < -0.3 is 15.5 Å². The van der Waals surface area contributed by atoms with E-state index in [9.17, 15) is 4.79 Å². The monoisotopic (exact) mass is 312 g/mol. The number of hydrogen-bond donors (Lipinski definition) is 2. The molecule has 1 fully saturated rings. The summed E-state index contributed by atoms with van der Waals surface area (Å²) in [7, 11) is 0. The van der Waals surface area contributed by atoms with Gasteiger partial charge in [-0.25, -0.2) is 4.79 Å². The van der Waals surface area contributed by atoms with Gasteiger partial charge in [0, 0.05) is 24.7 Å². The molecule has 1 aliphatic heterocycles. The number of urea groups is 1. The van der Waals surface area contributed by atoms with Gasteiger partial charge in [-0.15, -0.1) is 0 Å². The van der Waals surface area contributed by atoms with Gasteiger partial charge in [0.25, 0.3) is 0 Å². The summed E-state index contributed by atoms with van der Waals surface area (Å²) in [4.78, 5) is 19.0. The van der Waals surface area contributed by atoms with E-state index in [2.05, 4.69) is 27.4 Å². The van der Waals surface area contributed by atoms with Crippen LogP contribution in [-0.2, 0) is 0 Å². The van der Waals surface area contributed by atoms with Crippen LogP contribution < -0.4 is 10.6 Å². The predicted octanol–water partition coefficient (Wildman–Crippen LogP) is 3.09. The molecule has 5 heteroatoms. The molecule has 2 N–H and O–H groups in total. The highest BCUT2D eigenvalue weighted by molar-refractivity contribution is 5.99. The van der Waals surface area contributed by atoms with Crippen LogP contribution in [0.15, 0.2) is 36.5 Å². The lowest BCUT2D eigenvalue weighted by Gasteiger charge is -2.15. The van der Waals surface area contributed by atoms with Crippen LogP contribution in [0.3, 0.4) is 0 Å². The van der Waals surface area contributed by atoms with Crippen molar-refractivity contribution in [1.82, 2.24) is 15.2 Å². The van der Waals surface area contributed by atoms with Gasteiger partial charge >= 0.3 is 6.03 Å². The van der Waals surface area contributed by atoms with Crippen LogP contribution in [0.25, 0.3) is 10.9 Å². The minimum atomic E-state index is -0.155. The first kappa shape index (κ1) is 15.7. The topological polar surface area (TPSA) is 57.3 Å². The molecule has 1 atom stereocenters. The molecule has 5 nitrogen and oxygen atoms in total. The molecule has 3 rings (SSSR count). The molecule has 0 bridgehead atoms. The van der Waals surface area contributed by atoms with Crippen molar-refractivity contribution in [3.8, 4) is 0 Å². The van der Waals surface area contributed by atoms with Crippen molar-refractivity contribution in [3.05, 3.63) is 36.5 Å². The van der Waals surface area contributed by atoms with Gasteiger partial charge in [-0.05, 0) is 44.0 Å². The first-order valence-electron chi connectivity index (χ1n) is 8.37. The zero-order chi connectivity index (χ0) is 16.1. The molecule has 0 spiro atoms. The summed E-state index contributed by atoms with van der Waals surface area (Å²) >= 11 is 0. The molecule has 0 aliphatic carbocycles. The molecule has 2 amide bonds. The van der Waals surface area contributed by atoms with E-state index >= 15 is 0 Å². The number of likely N-dealkylation sites (tertiary alicyclic amines) is 1. The quantitative estimate of drug-likeness (QED) is 0.892. The van der Waals surface area contributed by atoms with Gasteiger partial charge in [-0.3, -0.25) is 4.98 Å². The highest BCUT2D eigenvalue weighted by Gasteiger charge is 2.22. The van der Waals surface area contributed by atoms with E-state index in [0.29, 0.717) is 5.92 Å². The Morgan fingerprint density at radius 1 is 1.35 bits per heavy atom. The molecular formula is C18H24N4O. The predicted molar refractivity (Wildman–Crippen MR) is 93.6 cm³/mol. The third-order valence-electron chi connectivity index (χ3n) is 4.34. The lowest BCUT2D eigenvalue weighted by Crippen LogP contribution is -2.34. The summed E-state index contributed by atoms with van der Waals surface area (Å²) in [6.45, 7) is 6.32. The molecular weight excluding hydrogens is 288 g/mol. The molecule has 1 aromatic carbocycles. The fourth-order valence-corrected chi connectivity index (χ4v) is 3.21. The number of nitrogens with zero attached hydrogens (tertiary/aromatic N) is 2. The summed E-state index contributed by atoms with van der Waals surface area (Å²) in [5, 5.41) is 6.94. The van der Waals surface area contributed by atoms with Gasteiger partial charge in [-0.1, -0.05) is 25.1 Å². The first-order valence-corrected chi connectivity index (χ1v) is 8.37. The maximum atomic E-state index is 12.2. The van der Waals surface area contributed by atoms with E-state index < -0.39 is 0 Å². The molecule has 23 heavy (non-hydrogen) atoms. The first-order chi connectivity index (χ1) is 11.3. The average Bonchev–Trinajstić information content (AvgIpc) is 3.01. The Morgan fingerprint density at radius 3 is 3.09 bits per heavy atom. The summed E-state index contributed by atoms with van der Waals surface area (Å²) < 4.78 is 0. The number of amides is 2. The number of aromatic nitrogens is 1. The van der Waals surface area contributed by atoms with Crippen molar-refractivity contribution in [1.29, 1.82) is 0 Å². The van der Waals surface area contributed by atoms with Crippen molar-refractivity contribution in [2.45, 2.75) is 19.8 Å². The van der Waals surface area contributed by atoms with Crippen LogP contribution in [0.4, 0.5) is 10.5 Å². The van der Waals surface area contributed by atoms with Gasteiger partial charge in [0.1, 0.15) is 0 Å². The Kier molecular flexibility index (Phi) is 5.08. The molecule has 0 saturated carbocycles. The number of benzene rings is 1. The summed E-state index contributed by atoms with van der Waals surface area (Å²) in [5.74, 6) is 0.554. The second-order valence-electron chi connectivity index (χ2n) is 6.17. The Bertz CT molecular complexity index is 668. The van der Waals surface area contributed by atoms with Gasteiger partial charge in [0.15, 0.2) is 0 Å². The third kappa shape index (κ3) is 3.99. The standard InChI is InChI=1S/C18H24N4O/c1-2-10-22-11-8-14(13-22)12-20-18(23)21-16-7-3-5-15-6-4-9-19-17(15)16/h3-7,9,14H,2,8,10-13H2,1H3,(H2,20,21,23). The molecule has 122 valence electrons. The molecule has 1 aromatic heterocycles. The van der Waals surface area contributed by atoms with Crippen molar-refractivity contribution >= 4 is 22.6 Å². The van der Waals surface area contributed by atoms with Crippen LogP contribution in [0.1, 0.15) is 19.8 Å². The van der Waals surface area contributed by atoms with Crippen molar-refractivity contribution in [2.75, 3.05) is 31.5 Å². The number of anilines is 1. The molecule has 2 aromatic rings. The molecule has 1 aliphatic rings. The number of fused-ring (bicyclic) bond motifs is 1. The summed E-state index contributed by atoms with van der Waals surface area (Å²) in [5.41, 5.74) is 1.57. The van der Waals surface area contributed by atoms with Crippen LogP contribution in [0.5, 0.6) is 0 Å². The zero-order valence-electron chi connectivity index (χ0n) is 13.6. The number of nitrogens with one attached hydrogen (secondary N) is 2. The number of para-hydroxylation sites is 1. The molecule has 1 saturated heterocycles. The van der Waals surface area contributed by atoms with Crippen LogP contribution >= 0.6 is 0 Å². The largest absolute Gasteiger partial charge is 0.338 e. The Hall–Kier alpha value is -2.14. The maximum absolute atomic E-state index is 12.2. The lowest BCUT2D eigenvalue weighted by atomic mass is 10.1. The lowest BCUT2D eigenvalue weighted by molar-refractivity contribution is 0.249. The van der Waals surface area contributed by atoms with Gasteiger partial charge in [0.2, 0.25) is 0 Å². The normalized spacial score (nSPS) is 18.2.